The lowest BCUT2D eigenvalue weighted by Gasteiger charge is -2.13. The highest BCUT2D eigenvalue weighted by Gasteiger charge is 2.12. The Morgan fingerprint density at radius 3 is 2.41 bits per heavy atom. The molecule has 3 N–H and O–H groups in total. The van der Waals surface area contributed by atoms with Gasteiger partial charge < -0.3 is 9.47 Å². The summed E-state index contributed by atoms with van der Waals surface area (Å²) in [5.41, 5.74) is 6.15. The molecule has 0 saturated heterocycles. The van der Waals surface area contributed by atoms with E-state index in [1.807, 2.05) is 19.1 Å². The number of nitrogens with one attached hydrogen (secondary N) is 3. The highest BCUT2D eigenvalue weighted by Crippen LogP contribution is 2.26. The number of aryl methyl sites for hydroxylation is 1. The van der Waals surface area contributed by atoms with Crippen LogP contribution in [0.2, 0.25) is 0 Å². The first-order valence-corrected chi connectivity index (χ1v) is 11.9. The van der Waals surface area contributed by atoms with Crippen molar-refractivity contribution in [2.75, 3.05) is 13.2 Å². The summed E-state index contributed by atoms with van der Waals surface area (Å²) in [7, 11) is 0. The second-order valence-corrected chi connectivity index (χ2v) is 9.51. The third kappa shape index (κ3) is 8.76. The number of thiocarbonyl (C=S) groups is 1. The number of amides is 2. The van der Waals surface area contributed by atoms with Crippen molar-refractivity contribution >= 4 is 61.0 Å². The minimum Gasteiger partial charge on any atom is -0.492 e. The van der Waals surface area contributed by atoms with Gasteiger partial charge in [0.1, 0.15) is 11.5 Å². The molecule has 2 amide bonds. The zero-order valence-corrected chi connectivity index (χ0v) is 21.9. The maximum absolute atomic E-state index is 12.4. The predicted octanol–water partition coefficient (Wildman–Crippen LogP) is 4.66. The fourth-order valence-corrected chi connectivity index (χ4v) is 3.56. The van der Waals surface area contributed by atoms with Crippen LogP contribution >= 0.6 is 44.1 Å². The maximum Gasteiger partial charge on any atom is 0.276 e. The van der Waals surface area contributed by atoms with E-state index in [9.17, 15) is 9.59 Å². The molecule has 2 aromatic carbocycles. The van der Waals surface area contributed by atoms with Gasteiger partial charge in [-0.25, -0.2) is 0 Å². The molecule has 0 saturated carbocycles. The molecule has 172 valence electrons. The predicted molar refractivity (Wildman–Crippen MR) is 135 cm³/mol. The minimum absolute atomic E-state index is 0.0449. The zero-order chi connectivity index (χ0) is 23.7. The molecule has 0 aromatic heterocycles. The standard InChI is InChI=1S/C22H25Br2N3O4S/c1-13(2)8-9-30-19-6-4-15(11-17(19)24)21(29)25-22(32)27-26-20(28)12-31-18-7-5-16(23)10-14(18)3/h4-7,10-11,13H,8-9,12H2,1-3H3,(H,26,28)(H2,25,27,29,32). The topological polar surface area (TPSA) is 88.7 Å². The molecule has 0 unspecified atom stereocenters. The van der Waals surface area contributed by atoms with Crippen LogP contribution in [0.4, 0.5) is 0 Å². The molecule has 32 heavy (non-hydrogen) atoms. The normalized spacial score (nSPS) is 10.4. The fraction of sp³-hybridized carbons (Fsp3) is 0.318. The summed E-state index contributed by atoms with van der Waals surface area (Å²) >= 11 is 11.9. The van der Waals surface area contributed by atoms with Crippen LogP contribution in [0, 0.1) is 12.8 Å². The maximum atomic E-state index is 12.4. The average Bonchev–Trinajstić information content (AvgIpc) is 2.72. The van der Waals surface area contributed by atoms with Gasteiger partial charge in [0, 0.05) is 10.0 Å². The molecule has 0 radical (unpaired) electrons. The highest BCUT2D eigenvalue weighted by molar-refractivity contribution is 9.10. The van der Waals surface area contributed by atoms with Crippen LogP contribution in [0.15, 0.2) is 45.3 Å². The first kappa shape index (κ1) is 26.1. The Morgan fingerprint density at radius 2 is 1.75 bits per heavy atom. The number of hydrogen-bond acceptors (Lipinski definition) is 5. The smallest absolute Gasteiger partial charge is 0.276 e. The summed E-state index contributed by atoms with van der Waals surface area (Å²) < 4.78 is 12.8. The number of hydrogen-bond donors (Lipinski definition) is 3. The fourth-order valence-electron chi connectivity index (χ4n) is 2.45. The lowest BCUT2D eigenvalue weighted by molar-refractivity contribution is -0.123. The Hall–Kier alpha value is -2.17. The van der Waals surface area contributed by atoms with Crippen LogP contribution in [0.3, 0.4) is 0 Å². The Balaban J connectivity index is 1.77. The number of carbonyl (C=O) groups is 2. The van der Waals surface area contributed by atoms with E-state index in [0.29, 0.717) is 34.1 Å². The molecule has 0 bridgehead atoms. The number of benzene rings is 2. The lowest BCUT2D eigenvalue weighted by Crippen LogP contribution is -2.49. The Morgan fingerprint density at radius 1 is 1.03 bits per heavy atom. The molecule has 0 heterocycles. The molecule has 10 heteroatoms. The van der Waals surface area contributed by atoms with Crippen molar-refractivity contribution in [1.82, 2.24) is 16.2 Å². The van der Waals surface area contributed by atoms with Crippen molar-refractivity contribution in [2.24, 2.45) is 5.92 Å². The van der Waals surface area contributed by atoms with Crippen molar-refractivity contribution in [3.8, 4) is 11.5 Å². The first-order chi connectivity index (χ1) is 15.2. The molecular formula is C22H25Br2N3O4S. The quantitative estimate of drug-likeness (QED) is 0.308. The number of ether oxygens (including phenoxy) is 2. The molecule has 7 nitrogen and oxygen atoms in total. The molecule has 0 fully saturated rings. The molecule has 0 aliphatic rings. The van der Waals surface area contributed by atoms with Gasteiger partial charge in [0.2, 0.25) is 0 Å². The number of carbonyl (C=O) groups excluding carboxylic acids is 2. The summed E-state index contributed by atoms with van der Waals surface area (Å²) in [6.45, 7) is 6.52. The number of rotatable bonds is 8. The average molecular weight is 587 g/mol. The van der Waals surface area contributed by atoms with Gasteiger partial charge in [-0.3, -0.25) is 25.8 Å². The largest absolute Gasteiger partial charge is 0.492 e. The van der Waals surface area contributed by atoms with Crippen molar-refractivity contribution in [3.63, 3.8) is 0 Å². The summed E-state index contributed by atoms with van der Waals surface area (Å²) in [6, 6.07) is 10.5. The Kier molecular flexibility index (Phi) is 10.4. The van der Waals surface area contributed by atoms with Gasteiger partial charge in [0.25, 0.3) is 11.8 Å². The van der Waals surface area contributed by atoms with E-state index < -0.39 is 11.8 Å². The molecule has 0 atom stereocenters. The van der Waals surface area contributed by atoms with Gasteiger partial charge in [-0.2, -0.15) is 0 Å². The molecule has 0 aliphatic heterocycles. The Bertz CT molecular complexity index is 986. The molecule has 0 aliphatic carbocycles. The third-order valence-electron chi connectivity index (χ3n) is 4.19. The summed E-state index contributed by atoms with van der Waals surface area (Å²) in [6.07, 6.45) is 0.939. The van der Waals surface area contributed by atoms with Gasteiger partial charge in [-0.15, -0.1) is 0 Å². The van der Waals surface area contributed by atoms with Gasteiger partial charge in [0.05, 0.1) is 11.1 Å². The van der Waals surface area contributed by atoms with E-state index in [4.69, 9.17) is 21.7 Å². The summed E-state index contributed by atoms with van der Waals surface area (Å²) in [4.78, 5) is 24.4. The lowest BCUT2D eigenvalue weighted by atomic mass is 10.1. The summed E-state index contributed by atoms with van der Waals surface area (Å²) in [5, 5.41) is 2.46. The highest BCUT2D eigenvalue weighted by atomic mass is 79.9. The molecular weight excluding hydrogens is 562 g/mol. The minimum atomic E-state index is -0.449. The van der Waals surface area contributed by atoms with Crippen molar-refractivity contribution in [1.29, 1.82) is 0 Å². The third-order valence-corrected chi connectivity index (χ3v) is 5.50. The van der Waals surface area contributed by atoms with Gasteiger partial charge in [-0.05, 0) is 89.4 Å². The number of hydrazine groups is 1. The second-order valence-electron chi connectivity index (χ2n) is 7.33. The van der Waals surface area contributed by atoms with Crippen molar-refractivity contribution in [2.45, 2.75) is 27.2 Å². The van der Waals surface area contributed by atoms with Crippen LogP contribution < -0.4 is 25.6 Å². The summed E-state index contributed by atoms with van der Waals surface area (Å²) in [5.74, 6) is 0.935. The van der Waals surface area contributed by atoms with E-state index >= 15 is 0 Å². The van der Waals surface area contributed by atoms with E-state index in [2.05, 4.69) is 61.9 Å². The van der Waals surface area contributed by atoms with E-state index in [1.54, 1.807) is 24.3 Å². The SMILES string of the molecule is Cc1cc(Br)ccc1OCC(=O)NNC(=S)NC(=O)c1ccc(OCCC(C)C)c(Br)c1. The number of halogens is 2. The van der Waals surface area contributed by atoms with Gasteiger partial charge in [0.15, 0.2) is 11.7 Å². The van der Waals surface area contributed by atoms with Crippen molar-refractivity contribution in [3.05, 3.63) is 56.5 Å². The first-order valence-electron chi connectivity index (χ1n) is 9.87. The molecule has 2 rings (SSSR count). The van der Waals surface area contributed by atoms with Crippen LogP contribution in [0.5, 0.6) is 11.5 Å². The molecule has 2 aromatic rings. The van der Waals surface area contributed by atoms with Crippen LogP contribution in [0.1, 0.15) is 36.2 Å². The van der Waals surface area contributed by atoms with Crippen molar-refractivity contribution < 1.29 is 19.1 Å². The van der Waals surface area contributed by atoms with E-state index in [0.717, 1.165) is 16.5 Å². The monoisotopic (exact) mass is 585 g/mol. The van der Waals surface area contributed by atoms with E-state index in [1.165, 1.54) is 0 Å². The van der Waals surface area contributed by atoms with Crippen LogP contribution in [0.25, 0.3) is 0 Å². The van der Waals surface area contributed by atoms with E-state index in [-0.39, 0.29) is 11.7 Å². The van der Waals surface area contributed by atoms with Crippen LogP contribution in [-0.2, 0) is 4.79 Å². The Labute approximate surface area is 209 Å². The van der Waals surface area contributed by atoms with Gasteiger partial charge in [-0.1, -0.05) is 29.8 Å². The second kappa shape index (κ2) is 12.8. The molecule has 0 spiro atoms. The zero-order valence-electron chi connectivity index (χ0n) is 18.0. The van der Waals surface area contributed by atoms with Gasteiger partial charge >= 0.3 is 0 Å². The van der Waals surface area contributed by atoms with Crippen LogP contribution in [-0.4, -0.2) is 30.1 Å².